The van der Waals surface area contributed by atoms with E-state index in [9.17, 15) is 24.3 Å². The number of carbonyl (C=O) groups excluding carboxylic acids is 2. The van der Waals surface area contributed by atoms with Gasteiger partial charge < -0.3 is 42.9 Å². The number of anilines is 2. The maximum absolute atomic E-state index is 12.3. The number of nitrogens with zero attached hydrogens (tertiary/aromatic N) is 8. The van der Waals surface area contributed by atoms with Gasteiger partial charge in [0.05, 0.1) is 82.9 Å². The number of fused-ring (bicyclic) bond motifs is 2. The van der Waals surface area contributed by atoms with Crippen molar-refractivity contribution in [3.63, 3.8) is 0 Å². The Morgan fingerprint density at radius 1 is 0.803 bits per heavy atom. The number of rotatable bonds is 21. The lowest BCUT2D eigenvalue weighted by Crippen LogP contribution is -2.22. The molecule has 4 aromatic rings. The fraction of sp³-hybridized carbons (Fsp3) is 0.590. The molecular formula is C39H56N12O13P2. The van der Waals surface area contributed by atoms with E-state index < -0.39 is 34.1 Å². The van der Waals surface area contributed by atoms with Crippen LogP contribution in [-0.2, 0) is 37.2 Å². The van der Waals surface area contributed by atoms with Gasteiger partial charge in [0.25, 0.3) is 11.1 Å². The Morgan fingerprint density at radius 2 is 1.26 bits per heavy atom. The molecule has 2 aliphatic rings. The van der Waals surface area contributed by atoms with Gasteiger partial charge in [-0.2, -0.15) is 20.5 Å². The van der Waals surface area contributed by atoms with Crippen molar-refractivity contribution in [3.05, 3.63) is 46.0 Å². The van der Waals surface area contributed by atoms with Crippen LogP contribution in [0.1, 0.15) is 78.7 Å². The average molecular weight is 963 g/mol. The summed E-state index contributed by atoms with van der Waals surface area (Å²) in [5.74, 6) is -0.864. The quantitative estimate of drug-likeness (QED) is 0.0357. The first-order valence-corrected chi connectivity index (χ1v) is 23.6. The first-order valence-electron chi connectivity index (χ1n) is 20.9. The second kappa shape index (κ2) is 27.5. The van der Waals surface area contributed by atoms with Crippen molar-refractivity contribution in [3.8, 4) is 12.1 Å². The number of hydrogen-bond donors (Lipinski definition) is 7. The molecule has 25 nitrogen and oxygen atoms in total. The van der Waals surface area contributed by atoms with E-state index in [0.29, 0.717) is 50.2 Å². The van der Waals surface area contributed by atoms with E-state index in [1.807, 2.05) is 12.1 Å². The summed E-state index contributed by atoms with van der Waals surface area (Å²) in [6.07, 6.45) is 6.26. The van der Waals surface area contributed by atoms with Crippen LogP contribution in [0, 0.1) is 34.5 Å². The highest BCUT2D eigenvalue weighted by atomic mass is 31.2. The Balaban J connectivity index is 0.000000238. The van der Waals surface area contributed by atoms with E-state index in [1.54, 1.807) is 42.9 Å². The van der Waals surface area contributed by atoms with E-state index in [2.05, 4.69) is 47.1 Å². The van der Waals surface area contributed by atoms with Gasteiger partial charge in [0.2, 0.25) is 23.7 Å². The molecule has 0 spiro atoms. The molecule has 360 valence electrons. The normalized spacial score (nSPS) is 18.8. The first kappa shape index (κ1) is 53.5. The van der Waals surface area contributed by atoms with Crippen LogP contribution in [0.5, 0.6) is 0 Å². The standard InChI is InChI=1S/C18H25N6O6P.C14H19N5O4.C7H12NO3P/c1-11(2)16(26)22-18-21-15-14(17(27)23-18)20-9-24(15)13-5-4-12(30-13)8-29-31(10-25)28-7-3-6-19;1-7(2)12(21)17-14-16-11-10(13(22)18-14)15-6-19(11)9-4-3-8(5-20)23-9;1-2-5-10-12(7-9)11-6-3-4-8/h9,11-13,25H,3-5,7-8,10H2,1-2H3,(H2,21,22,23,26,27);6-9,20H,3-5H2,1-2H3,(H2,16,17,18,21,22);2,9H,1,3,5-7H2. The average Bonchev–Trinajstić information content (AvgIpc) is 4.13. The molecule has 2 fully saturated rings. The molecule has 7 N–H and O–H groups in total. The number of hydrogen-bond acceptors (Lipinski definition) is 19. The Hall–Kier alpha value is -5.14. The van der Waals surface area contributed by atoms with Crippen LogP contribution in [-0.4, -0.2) is 124 Å². The topological polar surface area (TPSA) is 349 Å². The number of aromatic amines is 2. The van der Waals surface area contributed by atoms with Crippen LogP contribution >= 0.6 is 16.8 Å². The summed E-state index contributed by atoms with van der Waals surface area (Å²) in [7, 11) is -2.73. The summed E-state index contributed by atoms with van der Waals surface area (Å²) in [4.78, 5) is 70.0. The Kier molecular flexibility index (Phi) is 22.3. The number of aliphatic hydroxyl groups is 3. The molecule has 6 heterocycles. The van der Waals surface area contributed by atoms with Crippen LogP contribution < -0.4 is 21.8 Å². The van der Waals surface area contributed by atoms with Gasteiger partial charge in [0.15, 0.2) is 39.1 Å². The second-order valence-electron chi connectivity index (χ2n) is 14.8. The maximum Gasteiger partial charge on any atom is 0.280 e. The van der Waals surface area contributed by atoms with E-state index in [1.165, 1.54) is 12.7 Å². The third-order valence-electron chi connectivity index (χ3n) is 9.26. The third kappa shape index (κ3) is 15.7. The van der Waals surface area contributed by atoms with Gasteiger partial charge in [-0.3, -0.25) is 48.9 Å². The van der Waals surface area contributed by atoms with Crippen molar-refractivity contribution >= 4 is 62.8 Å². The molecule has 27 heteroatoms. The zero-order valence-electron chi connectivity index (χ0n) is 37.0. The Labute approximate surface area is 381 Å². The zero-order chi connectivity index (χ0) is 48.2. The Bertz CT molecular complexity index is 2400. The minimum atomic E-state index is -1.49. The number of ether oxygens (including phenoxy) is 2. The predicted octanol–water partition coefficient (Wildman–Crippen LogP) is 3.37. The lowest BCUT2D eigenvalue weighted by Gasteiger charge is -2.18. The van der Waals surface area contributed by atoms with Gasteiger partial charge in [0, 0.05) is 11.8 Å². The number of aliphatic hydroxyl groups excluding tert-OH is 3. The molecule has 6 rings (SSSR count). The van der Waals surface area contributed by atoms with Crippen LogP contribution in [0.3, 0.4) is 0 Å². The number of nitrogens with one attached hydrogen (secondary N) is 4. The van der Waals surface area contributed by atoms with Crippen LogP contribution in [0.4, 0.5) is 11.9 Å². The third-order valence-corrected chi connectivity index (χ3v) is 11.5. The van der Waals surface area contributed by atoms with Crippen molar-refractivity contribution in [2.45, 2.75) is 90.9 Å². The minimum absolute atomic E-state index is 0.0488. The monoisotopic (exact) mass is 962 g/mol. The van der Waals surface area contributed by atoms with E-state index in [4.69, 9.17) is 48.3 Å². The summed E-state index contributed by atoms with van der Waals surface area (Å²) in [6.45, 7) is 11.5. The molecule has 0 aromatic carbocycles. The first-order chi connectivity index (χ1) is 31.8. The molecule has 66 heavy (non-hydrogen) atoms. The molecular weight excluding hydrogens is 906 g/mol. The zero-order valence-corrected chi connectivity index (χ0v) is 38.8. The number of amides is 2. The van der Waals surface area contributed by atoms with Gasteiger partial charge >= 0.3 is 0 Å². The molecule has 0 saturated carbocycles. The van der Waals surface area contributed by atoms with Crippen molar-refractivity contribution in [1.29, 1.82) is 10.5 Å². The number of aromatic nitrogens is 8. The summed E-state index contributed by atoms with van der Waals surface area (Å²) in [6, 6.07) is 3.90. The highest BCUT2D eigenvalue weighted by molar-refractivity contribution is 7.47. The fourth-order valence-corrected chi connectivity index (χ4v) is 7.55. The number of imidazole rings is 2. The minimum Gasteiger partial charge on any atom is -0.394 e. The van der Waals surface area contributed by atoms with E-state index in [0.717, 1.165) is 6.42 Å². The molecule has 0 aliphatic carbocycles. The Morgan fingerprint density at radius 3 is 1.67 bits per heavy atom. The van der Waals surface area contributed by atoms with Crippen molar-refractivity contribution in [2.75, 3.05) is 56.4 Å². The second-order valence-corrected chi connectivity index (χ2v) is 17.8. The maximum atomic E-state index is 12.3. The molecule has 0 bridgehead atoms. The molecule has 2 saturated heterocycles. The van der Waals surface area contributed by atoms with Gasteiger partial charge in [0.1, 0.15) is 25.2 Å². The van der Waals surface area contributed by atoms with E-state index in [-0.39, 0.29) is 104 Å². The van der Waals surface area contributed by atoms with Crippen LogP contribution in [0.25, 0.3) is 22.3 Å². The van der Waals surface area contributed by atoms with Crippen molar-refractivity contribution in [2.24, 2.45) is 11.8 Å². The smallest absolute Gasteiger partial charge is 0.280 e. The van der Waals surface area contributed by atoms with Gasteiger partial charge in [-0.25, -0.2) is 9.97 Å². The molecule has 4 aromatic heterocycles. The van der Waals surface area contributed by atoms with Crippen LogP contribution in [0.2, 0.25) is 0 Å². The van der Waals surface area contributed by atoms with E-state index >= 15 is 0 Å². The number of nitriles is 2. The van der Waals surface area contributed by atoms with Crippen molar-refractivity contribution in [1.82, 2.24) is 39.0 Å². The summed E-state index contributed by atoms with van der Waals surface area (Å²) < 4.78 is 36.1. The largest absolute Gasteiger partial charge is 0.394 e. The summed E-state index contributed by atoms with van der Waals surface area (Å²) >= 11 is 0. The lowest BCUT2D eigenvalue weighted by molar-refractivity contribution is -0.119. The number of H-pyrrole nitrogens is 2. The highest BCUT2D eigenvalue weighted by Crippen LogP contribution is 2.39. The molecule has 6 unspecified atom stereocenters. The molecule has 2 aliphatic heterocycles. The van der Waals surface area contributed by atoms with Gasteiger partial charge in [-0.05, 0) is 25.7 Å². The van der Waals surface area contributed by atoms with Gasteiger partial charge in [-0.15, -0.1) is 6.58 Å². The van der Waals surface area contributed by atoms with Crippen LogP contribution in [0.15, 0.2) is 34.9 Å². The molecule has 0 radical (unpaired) electrons. The molecule has 2 amide bonds. The summed E-state index contributed by atoms with van der Waals surface area (Å²) in [5, 5.41) is 49.1. The van der Waals surface area contributed by atoms with Crippen molar-refractivity contribution < 1.29 is 52.5 Å². The fourth-order valence-electron chi connectivity index (χ4n) is 5.88. The summed E-state index contributed by atoms with van der Waals surface area (Å²) in [5.41, 5.74) is 0.112. The number of carbonyl (C=O) groups is 2. The highest BCUT2D eigenvalue weighted by Gasteiger charge is 2.31. The molecule has 6 atom stereocenters. The van der Waals surface area contributed by atoms with Gasteiger partial charge in [-0.1, -0.05) is 33.8 Å². The lowest BCUT2D eigenvalue weighted by atomic mass is 10.2. The SMILES string of the molecule is C=CCOP(CO)OCCC#N.CC(C)C(=O)Nc1nc2c(ncn2C2CCC(CO)O2)c(=O)[nH]1.CC(C)C(=O)Nc1nc2c(ncn2C2CCC(COP(CO)OCCC#N)O2)c(=O)[nH]1. The predicted molar refractivity (Wildman–Crippen MR) is 239 cm³/mol.